The van der Waals surface area contributed by atoms with Crippen molar-refractivity contribution in [1.82, 2.24) is 0 Å². The molecule has 1 rings (SSSR count). The van der Waals surface area contributed by atoms with E-state index in [1.807, 2.05) is 0 Å². The number of aliphatic hydroxyl groups excluding tert-OH is 1. The predicted molar refractivity (Wildman–Crippen MR) is 52.2 cm³/mol. The van der Waals surface area contributed by atoms with E-state index in [1.165, 1.54) is 0 Å². The Hall–Kier alpha value is -1.47. The lowest BCUT2D eigenvalue weighted by molar-refractivity contribution is -0.384. The molecule has 7 heteroatoms. The molecule has 82 valence electrons. The normalized spacial score (nSPS) is 11.3. The smallest absolute Gasteiger partial charge is 0.269 e. The Kier molecular flexibility index (Phi) is 3.38. The highest BCUT2D eigenvalue weighted by Gasteiger charge is 2.14. The zero-order valence-corrected chi connectivity index (χ0v) is 8.48. The van der Waals surface area contributed by atoms with Crippen LogP contribution in [0.4, 0.5) is 5.69 Å². The van der Waals surface area contributed by atoms with Crippen LogP contribution >= 0.6 is 0 Å². The molecule has 0 saturated heterocycles. The van der Waals surface area contributed by atoms with Crippen LogP contribution in [0, 0.1) is 10.1 Å². The van der Waals surface area contributed by atoms with Crippen LogP contribution < -0.4 is 0 Å². The van der Waals surface area contributed by atoms with Crippen molar-refractivity contribution in [2.24, 2.45) is 0 Å². The van der Waals surface area contributed by atoms with Crippen molar-refractivity contribution in [2.75, 3.05) is 12.4 Å². The van der Waals surface area contributed by atoms with Gasteiger partial charge in [0.05, 0.1) is 22.2 Å². The summed E-state index contributed by atoms with van der Waals surface area (Å²) in [6.45, 7) is -0.473. The molecule has 0 aromatic heterocycles. The SMILES string of the molecule is O=[N+]([O-])c1ccc(S(=O)(=O)CCO)cc1. The lowest BCUT2D eigenvalue weighted by Crippen LogP contribution is -2.09. The van der Waals surface area contributed by atoms with Gasteiger partial charge in [-0.15, -0.1) is 0 Å². The van der Waals surface area contributed by atoms with Gasteiger partial charge in [0.1, 0.15) is 0 Å². The van der Waals surface area contributed by atoms with Gasteiger partial charge in [-0.1, -0.05) is 0 Å². The van der Waals surface area contributed by atoms with E-state index in [2.05, 4.69) is 0 Å². The molecule has 1 aromatic carbocycles. The molecule has 0 fully saturated rings. The molecule has 0 spiro atoms. The Morgan fingerprint density at radius 3 is 2.20 bits per heavy atom. The van der Waals surface area contributed by atoms with E-state index in [9.17, 15) is 18.5 Å². The second-order valence-corrected chi connectivity index (χ2v) is 4.90. The number of benzene rings is 1. The van der Waals surface area contributed by atoms with Gasteiger partial charge in [-0.2, -0.15) is 0 Å². The Labute approximate surface area is 86.2 Å². The molecule has 0 amide bonds. The molecule has 0 aliphatic carbocycles. The highest BCUT2D eigenvalue weighted by atomic mass is 32.2. The maximum Gasteiger partial charge on any atom is 0.269 e. The summed E-state index contributed by atoms with van der Waals surface area (Å²) in [5.41, 5.74) is -0.169. The Bertz CT molecular complexity index is 450. The van der Waals surface area contributed by atoms with E-state index < -0.39 is 21.4 Å². The molecule has 0 heterocycles. The number of non-ortho nitro benzene ring substituents is 1. The molecule has 0 aliphatic rings. The summed E-state index contributed by atoms with van der Waals surface area (Å²) in [6, 6.07) is 4.54. The van der Waals surface area contributed by atoms with Gasteiger partial charge in [0.25, 0.3) is 5.69 Å². The van der Waals surface area contributed by atoms with Gasteiger partial charge >= 0.3 is 0 Å². The summed E-state index contributed by atoms with van der Waals surface area (Å²) < 4.78 is 22.8. The van der Waals surface area contributed by atoms with E-state index in [0.717, 1.165) is 24.3 Å². The van der Waals surface area contributed by atoms with E-state index in [0.29, 0.717) is 0 Å². The number of nitro groups is 1. The van der Waals surface area contributed by atoms with Crippen LogP contribution in [0.1, 0.15) is 0 Å². The Morgan fingerprint density at radius 2 is 1.80 bits per heavy atom. The van der Waals surface area contributed by atoms with Gasteiger partial charge in [0.2, 0.25) is 0 Å². The number of hydrogen-bond acceptors (Lipinski definition) is 5. The van der Waals surface area contributed by atoms with Crippen molar-refractivity contribution >= 4 is 15.5 Å². The van der Waals surface area contributed by atoms with Crippen molar-refractivity contribution in [3.63, 3.8) is 0 Å². The molecular weight excluding hydrogens is 222 g/mol. The minimum Gasteiger partial charge on any atom is -0.395 e. The number of nitro benzene ring substituents is 1. The summed E-state index contributed by atoms with van der Waals surface area (Å²) in [5, 5.41) is 18.8. The minimum atomic E-state index is -3.53. The summed E-state index contributed by atoms with van der Waals surface area (Å²) in [4.78, 5) is 9.67. The maximum atomic E-state index is 11.4. The molecule has 1 aromatic rings. The summed E-state index contributed by atoms with van der Waals surface area (Å²) in [7, 11) is -3.53. The molecule has 0 aliphatic heterocycles. The molecule has 1 N–H and O–H groups in total. The fourth-order valence-corrected chi connectivity index (χ4v) is 2.04. The average Bonchev–Trinajstić information content (AvgIpc) is 2.18. The summed E-state index contributed by atoms with van der Waals surface area (Å²) >= 11 is 0. The third-order valence-electron chi connectivity index (χ3n) is 1.77. The van der Waals surface area contributed by atoms with E-state index in [-0.39, 0.29) is 16.3 Å². The van der Waals surface area contributed by atoms with Crippen LogP contribution in [-0.4, -0.2) is 30.8 Å². The second kappa shape index (κ2) is 4.37. The lowest BCUT2D eigenvalue weighted by atomic mass is 10.3. The van der Waals surface area contributed by atoms with E-state index in [1.54, 1.807) is 0 Å². The van der Waals surface area contributed by atoms with E-state index >= 15 is 0 Å². The van der Waals surface area contributed by atoms with Gasteiger partial charge in [-0.05, 0) is 12.1 Å². The van der Waals surface area contributed by atoms with Crippen molar-refractivity contribution in [1.29, 1.82) is 0 Å². The summed E-state index contributed by atoms with van der Waals surface area (Å²) in [5.74, 6) is -0.384. The number of aliphatic hydroxyl groups is 1. The van der Waals surface area contributed by atoms with Crippen LogP contribution in [0.5, 0.6) is 0 Å². The average molecular weight is 231 g/mol. The largest absolute Gasteiger partial charge is 0.395 e. The Morgan fingerprint density at radius 1 is 1.27 bits per heavy atom. The van der Waals surface area contributed by atoms with Crippen molar-refractivity contribution < 1.29 is 18.4 Å². The molecule has 0 bridgehead atoms. The quantitative estimate of drug-likeness (QED) is 0.596. The number of sulfone groups is 1. The monoisotopic (exact) mass is 231 g/mol. The molecule has 15 heavy (non-hydrogen) atoms. The zero-order valence-electron chi connectivity index (χ0n) is 7.66. The summed E-state index contributed by atoms with van der Waals surface area (Å²) in [6.07, 6.45) is 0. The van der Waals surface area contributed by atoms with E-state index in [4.69, 9.17) is 5.11 Å². The minimum absolute atomic E-state index is 0.0258. The third-order valence-corrected chi connectivity index (χ3v) is 3.48. The van der Waals surface area contributed by atoms with Crippen LogP contribution in [0.3, 0.4) is 0 Å². The fraction of sp³-hybridized carbons (Fsp3) is 0.250. The highest BCUT2D eigenvalue weighted by Crippen LogP contribution is 2.16. The lowest BCUT2D eigenvalue weighted by Gasteiger charge is -2.01. The third kappa shape index (κ3) is 2.74. The first-order chi connectivity index (χ1) is 6.97. The number of rotatable bonds is 4. The first-order valence-corrected chi connectivity index (χ1v) is 5.70. The van der Waals surface area contributed by atoms with Crippen LogP contribution in [0.15, 0.2) is 29.2 Å². The molecule has 0 atom stereocenters. The van der Waals surface area contributed by atoms with Crippen molar-refractivity contribution in [3.8, 4) is 0 Å². The molecule has 0 radical (unpaired) electrons. The molecule has 0 unspecified atom stereocenters. The van der Waals surface area contributed by atoms with Crippen molar-refractivity contribution in [3.05, 3.63) is 34.4 Å². The topological polar surface area (TPSA) is 97.5 Å². The van der Waals surface area contributed by atoms with Crippen molar-refractivity contribution in [2.45, 2.75) is 4.90 Å². The second-order valence-electron chi connectivity index (χ2n) is 2.79. The van der Waals surface area contributed by atoms with Gasteiger partial charge < -0.3 is 5.11 Å². The number of hydrogen-bond donors (Lipinski definition) is 1. The predicted octanol–water partition coefficient (Wildman–Crippen LogP) is 0.361. The van der Waals surface area contributed by atoms with Crippen LogP contribution in [0.2, 0.25) is 0 Å². The first kappa shape index (κ1) is 11.6. The maximum absolute atomic E-state index is 11.4. The molecular formula is C8H9NO5S. The molecule has 6 nitrogen and oxygen atoms in total. The van der Waals surface area contributed by atoms with Crippen LogP contribution in [-0.2, 0) is 9.84 Å². The Balaban J connectivity index is 3.04. The standard InChI is InChI=1S/C8H9NO5S/c10-5-6-15(13,14)8-3-1-7(2-4-8)9(11)12/h1-4,10H,5-6H2. The van der Waals surface area contributed by atoms with Gasteiger partial charge in [0, 0.05) is 12.1 Å². The molecule has 0 saturated carbocycles. The number of nitrogens with zero attached hydrogens (tertiary/aromatic N) is 1. The first-order valence-electron chi connectivity index (χ1n) is 4.05. The van der Waals surface area contributed by atoms with Gasteiger partial charge in [-0.25, -0.2) is 8.42 Å². The highest BCUT2D eigenvalue weighted by molar-refractivity contribution is 7.91. The zero-order chi connectivity index (χ0) is 11.5. The van der Waals surface area contributed by atoms with Crippen LogP contribution in [0.25, 0.3) is 0 Å². The van der Waals surface area contributed by atoms with Gasteiger partial charge in [0.15, 0.2) is 9.84 Å². The van der Waals surface area contributed by atoms with Gasteiger partial charge in [-0.3, -0.25) is 10.1 Å². The fourth-order valence-electron chi connectivity index (χ4n) is 1.01.